The van der Waals surface area contributed by atoms with Gasteiger partial charge in [0.1, 0.15) is 17.9 Å². The quantitative estimate of drug-likeness (QED) is 0.227. The maximum absolute atomic E-state index is 13.4. The predicted octanol–water partition coefficient (Wildman–Crippen LogP) is 4.37. The number of ether oxygens (including phenoxy) is 2. The molecule has 0 aromatic heterocycles. The molecule has 0 fully saturated rings. The normalized spacial score (nSPS) is 11.7. The van der Waals surface area contributed by atoms with Crippen LogP contribution in [0, 0.1) is 13.8 Å². The molecule has 0 aliphatic rings. The molecule has 0 spiro atoms. The smallest absolute Gasteiger partial charge is 0.344 e. The Kier molecular flexibility index (Phi) is 9.47. The lowest BCUT2D eigenvalue weighted by atomic mass is 10.1. The van der Waals surface area contributed by atoms with Gasteiger partial charge in [-0.05, 0) is 99.8 Å². The molecular weight excluding hydrogens is 518 g/mol. The third-order valence-corrected chi connectivity index (χ3v) is 7.24. The van der Waals surface area contributed by atoms with E-state index >= 15 is 0 Å². The number of nitrogens with one attached hydrogen (secondary N) is 1. The maximum atomic E-state index is 13.4. The van der Waals surface area contributed by atoms with E-state index in [1.165, 1.54) is 18.3 Å². The van der Waals surface area contributed by atoms with Crippen LogP contribution in [0.5, 0.6) is 5.75 Å². The van der Waals surface area contributed by atoms with Gasteiger partial charge in [-0.15, -0.1) is 0 Å². The number of carbonyl (C=O) groups is 2. The van der Waals surface area contributed by atoms with E-state index in [-0.39, 0.29) is 11.5 Å². The number of benzene rings is 3. The van der Waals surface area contributed by atoms with Crippen LogP contribution in [0.25, 0.3) is 0 Å². The Morgan fingerprint density at radius 2 is 1.62 bits per heavy atom. The fourth-order valence-corrected chi connectivity index (χ4v) is 4.86. The van der Waals surface area contributed by atoms with E-state index in [4.69, 9.17) is 9.47 Å². The standard InChI is InChI=1S/C29H33N3O6S/c1-21-11-14-24(17-22(21)2)32(39(35,36)26-9-7-6-8-10-26)19-27(33)31-30-18-23-12-15-25(16-13-23)37-20-28(34)38-29(3,4)5/h6-18H,19-20H2,1-5H3,(H,31,33)/b30-18-. The first-order chi connectivity index (χ1) is 18.3. The summed E-state index contributed by atoms with van der Waals surface area (Å²) in [4.78, 5) is 24.6. The zero-order valence-corrected chi connectivity index (χ0v) is 23.5. The van der Waals surface area contributed by atoms with E-state index in [9.17, 15) is 18.0 Å². The summed E-state index contributed by atoms with van der Waals surface area (Å²) in [5, 5.41) is 3.96. The van der Waals surface area contributed by atoms with Crippen molar-refractivity contribution in [3.63, 3.8) is 0 Å². The van der Waals surface area contributed by atoms with Crippen LogP contribution >= 0.6 is 0 Å². The highest BCUT2D eigenvalue weighted by Gasteiger charge is 2.27. The summed E-state index contributed by atoms with van der Waals surface area (Å²) in [7, 11) is -4.01. The van der Waals surface area contributed by atoms with E-state index in [1.807, 2.05) is 19.9 Å². The molecule has 0 radical (unpaired) electrons. The van der Waals surface area contributed by atoms with Crippen molar-refractivity contribution in [2.75, 3.05) is 17.5 Å². The van der Waals surface area contributed by atoms with Crippen LogP contribution in [0.3, 0.4) is 0 Å². The molecule has 0 aliphatic heterocycles. The molecule has 3 rings (SSSR count). The van der Waals surface area contributed by atoms with Gasteiger partial charge in [0.05, 0.1) is 16.8 Å². The van der Waals surface area contributed by atoms with E-state index < -0.39 is 34.0 Å². The maximum Gasteiger partial charge on any atom is 0.344 e. The van der Waals surface area contributed by atoms with Crippen molar-refractivity contribution in [3.05, 3.63) is 89.5 Å². The second kappa shape index (κ2) is 12.6. The number of nitrogens with zero attached hydrogens (tertiary/aromatic N) is 2. The molecule has 0 aliphatic carbocycles. The second-order valence-corrected chi connectivity index (χ2v) is 11.7. The summed E-state index contributed by atoms with van der Waals surface area (Å²) >= 11 is 0. The van der Waals surface area contributed by atoms with Gasteiger partial charge in [0, 0.05) is 0 Å². The van der Waals surface area contributed by atoms with Crippen LogP contribution in [0.1, 0.15) is 37.5 Å². The Labute approximate surface area is 229 Å². The molecule has 0 bridgehead atoms. The van der Waals surface area contributed by atoms with Gasteiger partial charge >= 0.3 is 5.97 Å². The lowest BCUT2D eigenvalue weighted by Gasteiger charge is -2.24. The number of carbonyl (C=O) groups excluding carboxylic acids is 2. The molecule has 0 unspecified atom stereocenters. The molecule has 10 heteroatoms. The number of aryl methyl sites for hydroxylation is 2. The van der Waals surface area contributed by atoms with Gasteiger partial charge in [-0.1, -0.05) is 24.3 Å². The average molecular weight is 552 g/mol. The van der Waals surface area contributed by atoms with Crippen molar-refractivity contribution in [1.29, 1.82) is 0 Å². The summed E-state index contributed by atoms with van der Waals surface area (Å²) in [6.07, 6.45) is 1.42. The zero-order valence-electron chi connectivity index (χ0n) is 22.7. The van der Waals surface area contributed by atoms with Gasteiger partial charge in [-0.25, -0.2) is 18.6 Å². The van der Waals surface area contributed by atoms with Gasteiger partial charge in [-0.2, -0.15) is 5.10 Å². The summed E-state index contributed by atoms with van der Waals surface area (Å²) in [6, 6.07) is 19.9. The number of esters is 1. The Morgan fingerprint density at radius 1 is 0.949 bits per heavy atom. The van der Waals surface area contributed by atoms with E-state index in [0.29, 0.717) is 17.0 Å². The van der Waals surface area contributed by atoms with Crippen LogP contribution < -0.4 is 14.5 Å². The SMILES string of the molecule is Cc1ccc(N(CC(=O)N/N=C\c2ccc(OCC(=O)OC(C)(C)C)cc2)S(=O)(=O)c2ccccc2)cc1C. The Bertz CT molecular complexity index is 1430. The van der Waals surface area contributed by atoms with Crippen molar-refractivity contribution in [1.82, 2.24) is 5.43 Å². The van der Waals surface area contributed by atoms with Crippen LogP contribution in [0.15, 0.2) is 82.8 Å². The monoisotopic (exact) mass is 551 g/mol. The predicted molar refractivity (Wildman–Crippen MR) is 150 cm³/mol. The Morgan fingerprint density at radius 3 is 2.23 bits per heavy atom. The molecule has 0 heterocycles. The molecular formula is C29H33N3O6S. The fraction of sp³-hybridized carbons (Fsp3) is 0.276. The molecule has 0 atom stereocenters. The molecule has 0 saturated carbocycles. The lowest BCUT2D eigenvalue weighted by molar-refractivity contribution is -0.157. The van der Waals surface area contributed by atoms with Crippen molar-refractivity contribution in [3.8, 4) is 5.75 Å². The van der Waals surface area contributed by atoms with Crippen LogP contribution in [-0.2, 0) is 24.3 Å². The third kappa shape index (κ3) is 8.68. The van der Waals surface area contributed by atoms with E-state index in [2.05, 4.69) is 10.5 Å². The van der Waals surface area contributed by atoms with Crippen LogP contribution in [0.2, 0.25) is 0 Å². The third-order valence-electron chi connectivity index (χ3n) is 5.46. The molecule has 1 N–H and O–H groups in total. The number of hydrogen-bond donors (Lipinski definition) is 1. The zero-order chi connectivity index (χ0) is 28.6. The largest absolute Gasteiger partial charge is 0.482 e. The first kappa shape index (κ1) is 29.4. The molecule has 3 aromatic carbocycles. The molecule has 1 amide bonds. The molecule has 39 heavy (non-hydrogen) atoms. The molecule has 3 aromatic rings. The fourth-order valence-electron chi connectivity index (χ4n) is 3.42. The summed E-state index contributed by atoms with van der Waals surface area (Å²) in [5.74, 6) is -0.613. The lowest BCUT2D eigenvalue weighted by Crippen LogP contribution is -2.39. The van der Waals surface area contributed by atoms with Crippen LogP contribution in [0.4, 0.5) is 5.69 Å². The molecule has 9 nitrogen and oxygen atoms in total. The molecule has 206 valence electrons. The van der Waals surface area contributed by atoms with Crippen molar-refractivity contribution in [2.24, 2.45) is 5.10 Å². The highest BCUT2D eigenvalue weighted by Crippen LogP contribution is 2.25. The minimum atomic E-state index is -4.01. The highest BCUT2D eigenvalue weighted by atomic mass is 32.2. The number of sulfonamides is 1. The number of amides is 1. The van der Waals surface area contributed by atoms with E-state index in [0.717, 1.165) is 15.4 Å². The van der Waals surface area contributed by atoms with Crippen molar-refractivity contribution >= 4 is 33.8 Å². The number of rotatable bonds is 10. The Balaban J connectivity index is 1.66. The Hall–Kier alpha value is -4.18. The summed E-state index contributed by atoms with van der Waals surface area (Å²) in [5.41, 5.74) is 4.74. The number of hydrazone groups is 1. The summed E-state index contributed by atoms with van der Waals surface area (Å²) in [6.45, 7) is 8.46. The minimum Gasteiger partial charge on any atom is -0.482 e. The average Bonchev–Trinajstić information content (AvgIpc) is 2.88. The van der Waals surface area contributed by atoms with E-state index in [1.54, 1.807) is 75.4 Å². The van der Waals surface area contributed by atoms with Crippen LogP contribution in [-0.4, -0.2) is 45.3 Å². The second-order valence-electron chi connectivity index (χ2n) is 9.83. The van der Waals surface area contributed by atoms with Gasteiger partial charge < -0.3 is 9.47 Å². The number of hydrogen-bond acceptors (Lipinski definition) is 7. The topological polar surface area (TPSA) is 114 Å². The van der Waals surface area contributed by atoms with Crippen molar-refractivity contribution < 1.29 is 27.5 Å². The van der Waals surface area contributed by atoms with Gasteiger partial charge in [-0.3, -0.25) is 9.10 Å². The number of anilines is 1. The van der Waals surface area contributed by atoms with Gasteiger partial charge in [0.15, 0.2) is 6.61 Å². The molecule has 0 saturated heterocycles. The van der Waals surface area contributed by atoms with Crippen molar-refractivity contribution in [2.45, 2.75) is 45.1 Å². The summed E-state index contributed by atoms with van der Waals surface area (Å²) < 4.78 is 38.5. The first-order valence-electron chi connectivity index (χ1n) is 12.3. The minimum absolute atomic E-state index is 0.0773. The van der Waals surface area contributed by atoms with Gasteiger partial charge in [0.2, 0.25) is 0 Å². The van der Waals surface area contributed by atoms with Gasteiger partial charge in [0.25, 0.3) is 15.9 Å². The highest BCUT2D eigenvalue weighted by molar-refractivity contribution is 7.92. The first-order valence-corrected chi connectivity index (χ1v) is 13.7.